The van der Waals surface area contributed by atoms with E-state index in [9.17, 15) is 13.2 Å². The molecule has 3 aliphatic rings. The number of hydrogen-bond donors (Lipinski definition) is 2. The molecule has 6 nitrogen and oxygen atoms in total. The second-order valence-electron chi connectivity index (χ2n) is 7.99. The molecule has 1 unspecified atom stereocenters. The molecule has 8 heteroatoms. The molecule has 1 aliphatic heterocycles. The van der Waals surface area contributed by atoms with Crippen LogP contribution >= 0.6 is 0 Å². The first kappa shape index (κ1) is 22.7. The maximum atomic E-state index is 12.7. The van der Waals surface area contributed by atoms with E-state index in [1.807, 2.05) is 6.92 Å². The summed E-state index contributed by atoms with van der Waals surface area (Å²) in [7, 11) is -3.68. The standard InChI is InChI=1S/C20H29N3O3S.K/c1-2-23-11-5-8-16(13-23)27(25,26)22-20(24)21-19-17-9-3-6-14(17)12-15-7-4-10-18(15)19;/h12,16H,2-11,13H2,1H3,(H2,21,22,24);. The molecule has 1 aromatic rings. The monoisotopic (exact) mass is 430 g/mol. The Morgan fingerprint density at radius 1 is 1.11 bits per heavy atom. The van der Waals surface area contributed by atoms with E-state index in [1.165, 1.54) is 22.3 Å². The number of rotatable bonds is 4. The smallest absolute Gasteiger partial charge is 0.307 e. The number of anilines is 1. The van der Waals surface area contributed by atoms with E-state index in [1.54, 1.807) is 0 Å². The molecule has 1 radical (unpaired) electrons. The van der Waals surface area contributed by atoms with Gasteiger partial charge >= 0.3 is 6.03 Å². The maximum absolute atomic E-state index is 12.7. The number of benzene rings is 1. The van der Waals surface area contributed by atoms with E-state index < -0.39 is 21.3 Å². The van der Waals surface area contributed by atoms with Crippen molar-refractivity contribution in [2.75, 3.05) is 25.0 Å². The SMILES string of the molecule is CCN1CCCC(S(=O)(=O)NC(=O)Nc2c3c(cc4c2CCC4)CCC3)C1.[K]. The molecule has 4 rings (SSSR count). The van der Waals surface area contributed by atoms with Gasteiger partial charge in [0.05, 0.1) is 5.25 Å². The van der Waals surface area contributed by atoms with Gasteiger partial charge in [0.2, 0.25) is 10.0 Å². The van der Waals surface area contributed by atoms with Crippen molar-refractivity contribution in [2.45, 2.75) is 63.5 Å². The predicted octanol–water partition coefficient (Wildman–Crippen LogP) is 2.22. The van der Waals surface area contributed by atoms with Crippen molar-refractivity contribution in [1.82, 2.24) is 9.62 Å². The number of piperidine rings is 1. The van der Waals surface area contributed by atoms with E-state index in [-0.39, 0.29) is 51.4 Å². The fourth-order valence-electron chi connectivity index (χ4n) is 4.87. The van der Waals surface area contributed by atoms with Crippen molar-refractivity contribution in [1.29, 1.82) is 0 Å². The Balaban J connectivity index is 0.00000225. The van der Waals surface area contributed by atoms with Gasteiger partial charge in [0.15, 0.2) is 0 Å². The van der Waals surface area contributed by atoms with Gasteiger partial charge < -0.3 is 10.2 Å². The third-order valence-corrected chi connectivity index (χ3v) is 8.03. The molecule has 0 bridgehead atoms. The maximum Gasteiger partial charge on any atom is 0.332 e. The second-order valence-corrected chi connectivity index (χ2v) is 9.95. The molecule has 0 aromatic heterocycles. The minimum absolute atomic E-state index is 0. The fourth-order valence-corrected chi connectivity index (χ4v) is 6.23. The van der Waals surface area contributed by atoms with E-state index in [4.69, 9.17) is 0 Å². The fraction of sp³-hybridized carbons (Fsp3) is 0.650. The molecule has 1 atom stereocenters. The van der Waals surface area contributed by atoms with Gasteiger partial charge in [-0.25, -0.2) is 17.9 Å². The minimum Gasteiger partial charge on any atom is -0.307 e. The third kappa shape index (κ3) is 4.68. The Kier molecular flexibility index (Phi) is 7.67. The quantitative estimate of drug-likeness (QED) is 0.718. The number of carbonyl (C=O) groups is 1. The summed E-state index contributed by atoms with van der Waals surface area (Å²) in [5.41, 5.74) is 5.93. The number of sulfonamides is 1. The number of nitrogens with one attached hydrogen (secondary N) is 2. The van der Waals surface area contributed by atoms with Crippen molar-refractivity contribution in [3.63, 3.8) is 0 Å². The van der Waals surface area contributed by atoms with E-state index in [0.29, 0.717) is 13.0 Å². The molecule has 1 fully saturated rings. The van der Waals surface area contributed by atoms with Crippen molar-refractivity contribution in [3.05, 3.63) is 28.3 Å². The molecule has 2 N–H and O–H groups in total. The Bertz CT molecular complexity index is 824. The van der Waals surface area contributed by atoms with Crippen LogP contribution in [0.5, 0.6) is 0 Å². The van der Waals surface area contributed by atoms with Crippen molar-refractivity contribution < 1.29 is 13.2 Å². The zero-order valence-corrected chi connectivity index (χ0v) is 21.0. The largest absolute Gasteiger partial charge is 0.332 e. The number of fused-ring (bicyclic) bond motifs is 2. The average Bonchev–Trinajstić information content (AvgIpc) is 3.30. The summed E-state index contributed by atoms with van der Waals surface area (Å²) in [5, 5.41) is 2.40. The summed E-state index contributed by atoms with van der Waals surface area (Å²) in [6.07, 6.45) is 7.66. The third-order valence-electron chi connectivity index (χ3n) is 6.29. The van der Waals surface area contributed by atoms with Crippen LogP contribution in [0.2, 0.25) is 0 Å². The zero-order valence-electron chi connectivity index (χ0n) is 17.0. The summed E-state index contributed by atoms with van der Waals surface area (Å²) in [5.74, 6) is 0. The van der Waals surface area contributed by atoms with Crippen molar-refractivity contribution >= 4 is 73.1 Å². The summed E-state index contributed by atoms with van der Waals surface area (Å²) in [4.78, 5) is 14.7. The van der Waals surface area contributed by atoms with Crippen LogP contribution < -0.4 is 10.0 Å². The Morgan fingerprint density at radius 3 is 2.36 bits per heavy atom. The van der Waals surface area contributed by atoms with Crippen molar-refractivity contribution in [3.8, 4) is 0 Å². The van der Waals surface area contributed by atoms with Crippen LogP contribution in [0.1, 0.15) is 54.9 Å². The topological polar surface area (TPSA) is 78.5 Å². The molecule has 1 aromatic carbocycles. The molecular weight excluding hydrogens is 401 g/mol. The van der Waals surface area contributed by atoms with Crippen LogP contribution in [0, 0.1) is 0 Å². The predicted molar refractivity (Wildman–Crippen MR) is 112 cm³/mol. The summed E-state index contributed by atoms with van der Waals surface area (Å²) in [6, 6.07) is 1.68. The molecule has 28 heavy (non-hydrogen) atoms. The van der Waals surface area contributed by atoms with E-state index >= 15 is 0 Å². The van der Waals surface area contributed by atoms with Crippen LogP contribution in [0.25, 0.3) is 0 Å². The Labute approximate surface area is 210 Å². The van der Waals surface area contributed by atoms with Gasteiger partial charge in [0, 0.05) is 63.6 Å². The number of amides is 2. The number of nitrogens with zero attached hydrogens (tertiary/aromatic N) is 1. The van der Waals surface area contributed by atoms with Crippen LogP contribution in [-0.4, -0.2) is 95.6 Å². The normalized spacial score (nSPS) is 21.5. The first-order valence-electron chi connectivity index (χ1n) is 10.2. The second kappa shape index (κ2) is 9.45. The first-order valence-corrected chi connectivity index (χ1v) is 11.7. The Morgan fingerprint density at radius 2 is 1.75 bits per heavy atom. The number of carbonyl (C=O) groups excluding carboxylic acids is 1. The first-order chi connectivity index (χ1) is 13.0. The molecule has 1 heterocycles. The van der Waals surface area contributed by atoms with Crippen LogP contribution in [-0.2, 0) is 35.7 Å². The average molecular weight is 431 g/mol. The van der Waals surface area contributed by atoms with Crippen LogP contribution in [0.4, 0.5) is 10.5 Å². The number of aryl methyl sites for hydroxylation is 2. The van der Waals surface area contributed by atoms with Gasteiger partial charge in [-0.15, -0.1) is 0 Å². The minimum atomic E-state index is -3.68. The van der Waals surface area contributed by atoms with Gasteiger partial charge in [-0.05, 0) is 86.7 Å². The molecule has 149 valence electrons. The zero-order chi connectivity index (χ0) is 19.0. The molecule has 0 spiro atoms. The molecule has 0 saturated carbocycles. The van der Waals surface area contributed by atoms with Gasteiger partial charge in [-0.2, -0.15) is 0 Å². The molecular formula is C20H29KN3O3S. The number of hydrogen-bond acceptors (Lipinski definition) is 4. The molecule has 2 aliphatic carbocycles. The van der Waals surface area contributed by atoms with E-state index in [2.05, 4.69) is 21.0 Å². The molecule has 2 amide bonds. The van der Waals surface area contributed by atoms with Gasteiger partial charge in [0.25, 0.3) is 0 Å². The summed E-state index contributed by atoms with van der Waals surface area (Å²) in [6.45, 7) is 4.29. The molecule has 1 saturated heterocycles. The van der Waals surface area contributed by atoms with E-state index in [0.717, 1.165) is 63.7 Å². The van der Waals surface area contributed by atoms with Crippen molar-refractivity contribution in [2.24, 2.45) is 0 Å². The summed E-state index contributed by atoms with van der Waals surface area (Å²) < 4.78 is 27.7. The Hall–Kier alpha value is 0.0364. The number of likely N-dealkylation sites (tertiary alicyclic amines) is 1. The van der Waals surface area contributed by atoms with Crippen LogP contribution in [0.15, 0.2) is 6.07 Å². The number of urea groups is 1. The van der Waals surface area contributed by atoms with Gasteiger partial charge in [0.1, 0.15) is 0 Å². The van der Waals surface area contributed by atoms with Crippen LogP contribution in [0.3, 0.4) is 0 Å². The van der Waals surface area contributed by atoms with Gasteiger partial charge in [-0.1, -0.05) is 13.0 Å². The summed E-state index contributed by atoms with van der Waals surface area (Å²) >= 11 is 0. The van der Waals surface area contributed by atoms with Gasteiger partial charge in [-0.3, -0.25) is 0 Å².